The van der Waals surface area contributed by atoms with Crippen molar-refractivity contribution in [2.75, 3.05) is 37.0 Å². The molecule has 9 heteroatoms. The van der Waals surface area contributed by atoms with E-state index in [-0.39, 0.29) is 11.3 Å². The summed E-state index contributed by atoms with van der Waals surface area (Å²) < 4.78 is 42.7. The van der Waals surface area contributed by atoms with E-state index in [1.807, 2.05) is 13.0 Å². The summed E-state index contributed by atoms with van der Waals surface area (Å²) in [6.45, 7) is 5.62. The van der Waals surface area contributed by atoms with Gasteiger partial charge in [-0.05, 0) is 44.0 Å². The fourth-order valence-corrected chi connectivity index (χ4v) is 4.15. The first-order chi connectivity index (χ1) is 13.3. The molecule has 0 amide bonds. The number of halogens is 4. The van der Waals surface area contributed by atoms with E-state index in [0.717, 1.165) is 37.7 Å². The fraction of sp³-hybridized carbons (Fsp3) is 0.526. The molecule has 0 radical (unpaired) electrons. The highest BCUT2D eigenvalue weighted by atomic mass is 35.5. The van der Waals surface area contributed by atoms with Crippen molar-refractivity contribution in [3.8, 4) is 11.4 Å². The van der Waals surface area contributed by atoms with E-state index < -0.39 is 6.36 Å². The smallest absolute Gasteiger partial charge is 0.406 e. The number of anilines is 1. The van der Waals surface area contributed by atoms with E-state index in [1.54, 1.807) is 16.8 Å². The number of rotatable bonds is 5. The van der Waals surface area contributed by atoms with Gasteiger partial charge in [-0.2, -0.15) is 5.10 Å². The molecule has 0 bridgehead atoms. The number of aromatic nitrogens is 2. The van der Waals surface area contributed by atoms with E-state index in [2.05, 4.69) is 14.5 Å². The molecular weight excluding hydrogens is 393 g/mol. The third-order valence-corrected chi connectivity index (χ3v) is 5.66. The van der Waals surface area contributed by atoms with Crippen LogP contribution in [0.25, 0.3) is 5.69 Å². The second-order valence-corrected chi connectivity index (χ2v) is 7.80. The molecule has 1 aromatic heterocycles. The van der Waals surface area contributed by atoms with Crippen LogP contribution in [0.5, 0.6) is 5.75 Å². The van der Waals surface area contributed by atoms with Gasteiger partial charge in [0.1, 0.15) is 5.75 Å². The molecule has 0 unspecified atom stereocenters. The number of hydrogen-bond donors (Lipinski definition) is 0. The van der Waals surface area contributed by atoms with E-state index in [0.29, 0.717) is 11.6 Å². The Balaban J connectivity index is 1.50. The summed E-state index contributed by atoms with van der Waals surface area (Å²) in [7, 11) is 0. The highest BCUT2D eigenvalue weighted by Gasteiger charge is 2.51. The summed E-state index contributed by atoms with van der Waals surface area (Å²) in [6, 6.07) is 7.77. The third kappa shape index (κ3) is 3.93. The second kappa shape index (κ2) is 7.15. The SMILES string of the molecule is Cc1cc(N2CCN(CCCl)C3(CC3)C2)nn1-c1ccc(OC(F)(F)F)cc1. The molecule has 2 aliphatic rings. The monoisotopic (exact) mass is 414 g/mol. The summed E-state index contributed by atoms with van der Waals surface area (Å²) in [5, 5.41) is 4.71. The molecule has 1 saturated carbocycles. The number of nitrogens with zero attached hydrogens (tertiary/aromatic N) is 4. The number of benzene rings is 1. The molecule has 4 rings (SSSR count). The first-order valence-electron chi connectivity index (χ1n) is 9.28. The minimum atomic E-state index is -4.69. The minimum absolute atomic E-state index is 0.224. The average molecular weight is 415 g/mol. The van der Waals surface area contributed by atoms with Crippen molar-refractivity contribution in [1.29, 1.82) is 0 Å². The third-order valence-electron chi connectivity index (χ3n) is 5.49. The Bertz CT molecular complexity index is 833. The molecule has 2 heterocycles. The summed E-state index contributed by atoms with van der Waals surface area (Å²) in [5.74, 6) is 1.29. The van der Waals surface area contributed by atoms with Crippen LogP contribution < -0.4 is 9.64 Å². The quantitative estimate of drug-likeness (QED) is 0.693. The molecular formula is C19H22ClF3N4O. The van der Waals surface area contributed by atoms with Crippen LogP contribution in [0, 0.1) is 6.92 Å². The van der Waals surface area contributed by atoms with Crippen molar-refractivity contribution in [2.24, 2.45) is 0 Å². The number of hydrogen-bond acceptors (Lipinski definition) is 4. The molecule has 5 nitrogen and oxygen atoms in total. The van der Waals surface area contributed by atoms with Gasteiger partial charge >= 0.3 is 6.36 Å². The van der Waals surface area contributed by atoms with E-state index >= 15 is 0 Å². The molecule has 1 aliphatic heterocycles. The highest BCUT2D eigenvalue weighted by molar-refractivity contribution is 6.18. The summed E-state index contributed by atoms with van der Waals surface area (Å²) in [6.07, 6.45) is -2.33. The molecule has 28 heavy (non-hydrogen) atoms. The molecule has 1 aliphatic carbocycles. The van der Waals surface area contributed by atoms with Gasteiger partial charge in [-0.1, -0.05) is 0 Å². The number of ether oxygens (including phenoxy) is 1. The Labute approximate surface area is 166 Å². The second-order valence-electron chi connectivity index (χ2n) is 7.42. The first-order valence-corrected chi connectivity index (χ1v) is 9.82. The van der Waals surface area contributed by atoms with Crippen molar-refractivity contribution in [1.82, 2.24) is 14.7 Å². The maximum atomic E-state index is 12.3. The lowest BCUT2D eigenvalue weighted by atomic mass is 10.1. The van der Waals surface area contributed by atoms with Gasteiger partial charge in [-0.15, -0.1) is 24.8 Å². The maximum Gasteiger partial charge on any atom is 0.573 e. The van der Waals surface area contributed by atoms with Crippen LogP contribution in [-0.2, 0) is 0 Å². The molecule has 2 aromatic rings. The van der Waals surface area contributed by atoms with Crippen molar-refractivity contribution < 1.29 is 17.9 Å². The lowest BCUT2D eigenvalue weighted by Crippen LogP contribution is -2.55. The Morgan fingerprint density at radius 3 is 2.50 bits per heavy atom. The lowest BCUT2D eigenvalue weighted by molar-refractivity contribution is -0.274. The van der Waals surface area contributed by atoms with Gasteiger partial charge in [-0.3, -0.25) is 4.90 Å². The predicted octanol–water partition coefficient (Wildman–Crippen LogP) is 3.97. The molecule has 152 valence electrons. The minimum Gasteiger partial charge on any atom is -0.406 e. The van der Waals surface area contributed by atoms with Gasteiger partial charge in [0.25, 0.3) is 0 Å². The van der Waals surface area contributed by atoms with Crippen molar-refractivity contribution >= 4 is 17.4 Å². The fourth-order valence-electron chi connectivity index (χ4n) is 3.94. The van der Waals surface area contributed by atoms with Crippen molar-refractivity contribution in [3.05, 3.63) is 36.0 Å². The van der Waals surface area contributed by atoms with Crippen LogP contribution >= 0.6 is 11.6 Å². The molecule has 2 fully saturated rings. The van der Waals surface area contributed by atoms with Gasteiger partial charge in [0.05, 0.1) is 5.69 Å². The van der Waals surface area contributed by atoms with Gasteiger partial charge in [-0.25, -0.2) is 4.68 Å². The van der Waals surface area contributed by atoms with E-state index in [1.165, 1.54) is 25.0 Å². The number of alkyl halides is 4. The zero-order valence-electron chi connectivity index (χ0n) is 15.5. The van der Waals surface area contributed by atoms with Gasteiger partial charge in [0.15, 0.2) is 5.82 Å². The standard InChI is InChI=1S/C19H22ClF3N4O/c1-14-12-17(25-10-11-26(9-8-20)18(13-25)6-7-18)24-27(14)15-2-4-16(5-3-15)28-19(21,22)23/h2-5,12H,6-11,13H2,1H3. The van der Waals surface area contributed by atoms with Crippen LogP contribution in [0.4, 0.5) is 19.0 Å². The van der Waals surface area contributed by atoms with Crippen LogP contribution in [0.15, 0.2) is 30.3 Å². The predicted molar refractivity (Wildman–Crippen MR) is 101 cm³/mol. The van der Waals surface area contributed by atoms with Crippen LogP contribution in [0.2, 0.25) is 0 Å². The van der Waals surface area contributed by atoms with Crippen molar-refractivity contribution in [2.45, 2.75) is 31.7 Å². The Morgan fingerprint density at radius 1 is 1.18 bits per heavy atom. The summed E-state index contributed by atoms with van der Waals surface area (Å²) in [4.78, 5) is 4.78. The van der Waals surface area contributed by atoms with Crippen LogP contribution in [0.3, 0.4) is 0 Å². The van der Waals surface area contributed by atoms with Crippen LogP contribution in [0.1, 0.15) is 18.5 Å². The van der Waals surface area contributed by atoms with Crippen molar-refractivity contribution in [3.63, 3.8) is 0 Å². The largest absolute Gasteiger partial charge is 0.573 e. The van der Waals surface area contributed by atoms with Gasteiger partial charge in [0, 0.05) is 49.4 Å². The highest BCUT2D eigenvalue weighted by Crippen LogP contribution is 2.44. The summed E-state index contributed by atoms with van der Waals surface area (Å²) in [5.41, 5.74) is 1.84. The molecule has 1 aromatic carbocycles. The molecule has 1 saturated heterocycles. The Kier molecular flexibility index (Phi) is 4.95. The van der Waals surface area contributed by atoms with Gasteiger partial charge < -0.3 is 9.64 Å². The molecule has 0 N–H and O–H groups in total. The number of piperazine rings is 1. The maximum absolute atomic E-state index is 12.3. The zero-order valence-corrected chi connectivity index (χ0v) is 16.3. The van der Waals surface area contributed by atoms with E-state index in [4.69, 9.17) is 16.7 Å². The van der Waals surface area contributed by atoms with Gasteiger partial charge in [0.2, 0.25) is 0 Å². The van der Waals surface area contributed by atoms with E-state index in [9.17, 15) is 13.2 Å². The Hall–Kier alpha value is -1.93. The Morgan fingerprint density at radius 2 is 1.89 bits per heavy atom. The summed E-state index contributed by atoms with van der Waals surface area (Å²) >= 11 is 5.94. The normalized spacial score (nSPS) is 19.2. The van der Waals surface area contributed by atoms with Crippen LogP contribution in [-0.4, -0.2) is 58.6 Å². The lowest BCUT2D eigenvalue weighted by Gasteiger charge is -2.42. The molecule has 0 atom stereocenters. The zero-order chi connectivity index (χ0) is 19.9. The average Bonchev–Trinajstić information content (AvgIpc) is 3.29. The molecule has 1 spiro atoms. The first kappa shape index (κ1) is 19.4. The topological polar surface area (TPSA) is 33.5 Å². The number of aryl methyl sites for hydroxylation is 1.